The van der Waals surface area contributed by atoms with Crippen LogP contribution in [0.4, 0.5) is 10.1 Å². The zero-order valence-corrected chi connectivity index (χ0v) is 17.3. The number of nitrogens with zero attached hydrogens (tertiary/aromatic N) is 4. The van der Waals surface area contributed by atoms with Crippen molar-refractivity contribution >= 4 is 11.6 Å². The van der Waals surface area contributed by atoms with E-state index in [1.165, 1.54) is 23.3 Å². The summed E-state index contributed by atoms with van der Waals surface area (Å²) in [5.41, 5.74) is 9.74. The fourth-order valence-corrected chi connectivity index (χ4v) is 4.17. The minimum atomic E-state index is -0.213. The Balaban J connectivity index is 1.33. The Kier molecular flexibility index (Phi) is 6.50. The molecule has 6 nitrogen and oxygen atoms in total. The first kappa shape index (κ1) is 20.6. The molecule has 2 fully saturated rings. The van der Waals surface area contributed by atoms with Crippen molar-refractivity contribution < 1.29 is 9.50 Å². The van der Waals surface area contributed by atoms with Crippen LogP contribution in [0.1, 0.15) is 17.5 Å². The number of piperazine rings is 1. The topological polar surface area (TPSA) is 68.3 Å². The number of halogens is 1. The number of aliphatic hydroxyl groups is 1. The molecule has 0 aliphatic carbocycles. The quantitative estimate of drug-likeness (QED) is 0.582. The van der Waals surface area contributed by atoms with Gasteiger partial charge in [-0.3, -0.25) is 4.90 Å². The van der Waals surface area contributed by atoms with Gasteiger partial charge < -0.3 is 20.6 Å². The standard InChI is InChI=1S/C23H30FN5O/c24-20-5-7-21(8-6-20)28-11-13-29(14-12-28)23(25)26-15-18-3-1-2-4-19(18)16-27-10-9-22(30)17-27/h1-8,22,30H,9-17H2,(H2,25,26). The number of benzene rings is 2. The maximum absolute atomic E-state index is 13.1. The van der Waals surface area contributed by atoms with E-state index < -0.39 is 0 Å². The lowest BCUT2D eigenvalue weighted by molar-refractivity contribution is 0.174. The number of guanidine groups is 1. The van der Waals surface area contributed by atoms with E-state index in [1.807, 2.05) is 24.3 Å². The molecule has 4 rings (SSSR count). The fourth-order valence-electron chi connectivity index (χ4n) is 4.17. The number of anilines is 1. The molecule has 2 heterocycles. The van der Waals surface area contributed by atoms with E-state index in [0.717, 1.165) is 57.9 Å². The van der Waals surface area contributed by atoms with E-state index in [0.29, 0.717) is 12.5 Å². The van der Waals surface area contributed by atoms with Crippen molar-refractivity contribution in [2.75, 3.05) is 44.2 Å². The van der Waals surface area contributed by atoms with Crippen LogP contribution in [-0.4, -0.2) is 66.2 Å². The summed E-state index contributed by atoms with van der Waals surface area (Å²) in [4.78, 5) is 11.3. The average Bonchev–Trinajstić information content (AvgIpc) is 3.18. The van der Waals surface area contributed by atoms with Gasteiger partial charge in [0, 0.05) is 51.5 Å². The number of hydrogen-bond acceptors (Lipinski definition) is 4. The van der Waals surface area contributed by atoms with Gasteiger partial charge in [0.15, 0.2) is 5.96 Å². The van der Waals surface area contributed by atoms with E-state index in [2.05, 4.69) is 31.8 Å². The second kappa shape index (κ2) is 9.45. The van der Waals surface area contributed by atoms with Crippen LogP contribution in [0.5, 0.6) is 0 Å². The number of rotatable bonds is 5. The van der Waals surface area contributed by atoms with Crippen molar-refractivity contribution in [3.05, 3.63) is 65.5 Å². The van der Waals surface area contributed by atoms with Crippen molar-refractivity contribution in [1.82, 2.24) is 9.80 Å². The average molecular weight is 412 g/mol. The third kappa shape index (κ3) is 5.09. The van der Waals surface area contributed by atoms with E-state index in [-0.39, 0.29) is 11.9 Å². The third-order valence-electron chi connectivity index (χ3n) is 5.97. The molecule has 0 bridgehead atoms. The van der Waals surface area contributed by atoms with Crippen molar-refractivity contribution in [1.29, 1.82) is 0 Å². The van der Waals surface area contributed by atoms with Crippen LogP contribution in [0, 0.1) is 5.82 Å². The van der Waals surface area contributed by atoms with E-state index in [4.69, 9.17) is 5.73 Å². The Hall–Kier alpha value is -2.64. The smallest absolute Gasteiger partial charge is 0.191 e. The van der Waals surface area contributed by atoms with E-state index in [9.17, 15) is 9.50 Å². The molecular formula is C23H30FN5O. The highest BCUT2D eigenvalue weighted by Gasteiger charge is 2.21. The van der Waals surface area contributed by atoms with Gasteiger partial charge in [0.1, 0.15) is 5.82 Å². The molecule has 0 radical (unpaired) electrons. The number of nitrogens with two attached hydrogens (primary N) is 1. The molecule has 7 heteroatoms. The summed E-state index contributed by atoms with van der Waals surface area (Å²) < 4.78 is 13.1. The van der Waals surface area contributed by atoms with E-state index >= 15 is 0 Å². The Morgan fingerprint density at radius 1 is 1.00 bits per heavy atom. The highest BCUT2D eigenvalue weighted by atomic mass is 19.1. The van der Waals surface area contributed by atoms with Crippen LogP contribution in [0.3, 0.4) is 0 Å². The summed E-state index contributed by atoms with van der Waals surface area (Å²) in [7, 11) is 0. The zero-order chi connectivity index (χ0) is 20.9. The normalized spacial score (nSPS) is 20.7. The lowest BCUT2D eigenvalue weighted by Crippen LogP contribution is -2.51. The first-order valence-electron chi connectivity index (χ1n) is 10.6. The lowest BCUT2D eigenvalue weighted by Gasteiger charge is -2.36. The van der Waals surface area contributed by atoms with Crippen LogP contribution in [-0.2, 0) is 13.1 Å². The third-order valence-corrected chi connectivity index (χ3v) is 5.97. The number of β-amino-alcohol motifs (C(OH)–C–C–N with tert-alkyl or cyclic N) is 1. The molecule has 2 aliphatic rings. The largest absolute Gasteiger partial charge is 0.392 e. The Labute approximate surface area is 177 Å². The van der Waals surface area contributed by atoms with Gasteiger partial charge in [-0.1, -0.05) is 24.3 Å². The Morgan fingerprint density at radius 2 is 1.70 bits per heavy atom. The minimum Gasteiger partial charge on any atom is -0.392 e. The van der Waals surface area contributed by atoms with Gasteiger partial charge in [-0.25, -0.2) is 9.38 Å². The molecule has 0 amide bonds. The summed E-state index contributed by atoms with van der Waals surface area (Å²) >= 11 is 0. The molecule has 1 atom stereocenters. The number of hydrogen-bond donors (Lipinski definition) is 2. The summed E-state index contributed by atoms with van der Waals surface area (Å²) in [6, 6.07) is 14.9. The maximum atomic E-state index is 13.1. The summed E-state index contributed by atoms with van der Waals surface area (Å²) in [5, 5.41) is 9.77. The zero-order valence-electron chi connectivity index (χ0n) is 17.3. The van der Waals surface area contributed by atoms with Crippen molar-refractivity contribution in [2.24, 2.45) is 10.7 Å². The predicted octanol–water partition coefficient (Wildman–Crippen LogP) is 2.03. The highest BCUT2D eigenvalue weighted by molar-refractivity contribution is 5.78. The molecule has 2 aromatic rings. The van der Waals surface area contributed by atoms with Gasteiger partial charge in [0.05, 0.1) is 12.6 Å². The number of likely N-dealkylation sites (tertiary alicyclic amines) is 1. The number of aliphatic imine (C=N–C) groups is 1. The first-order chi connectivity index (χ1) is 14.6. The molecule has 2 saturated heterocycles. The SMILES string of the molecule is NC(=NCc1ccccc1CN1CCC(O)C1)N1CCN(c2ccc(F)cc2)CC1. The van der Waals surface area contributed by atoms with Crippen LogP contribution in [0.25, 0.3) is 0 Å². The molecule has 0 saturated carbocycles. The second-order valence-corrected chi connectivity index (χ2v) is 8.07. The van der Waals surface area contributed by atoms with Crippen molar-refractivity contribution in [3.63, 3.8) is 0 Å². The molecule has 2 aromatic carbocycles. The molecule has 0 spiro atoms. The second-order valence-electron chi connectivity index (χ2n) is 8.07. The predicted molar refractivity (Wildman–Crippen MR) is 118 cm³/mol. The first-order valence-corrected chi connectivity index (χ1v) is 10.6. The van der Waals surface area contributed by atoms with Gasteiger partial charge in [0.2, 0.25) is 0 Å². The van der Waals surface area contributed by atoms with Crippen molar-refractivity contribution in [3.8, 4) is 0 Å². The van der Waals surface area contributed by atoms with Crippen molar-refractivity contribution in [2.45, 2.75) is 25.6 Å². The molecule has 30 heavy (non-hydrogen) atoms. The molecule has 2 aliphatic heterocycles. The van der Waals surface area contributed by atoms with Gasteiger partial charge >= 0.3 is 0 Å². The maximum Gasteiger partial charge on any atom is 0.191 e. The van der Waals surface area contributed by atoms with Gasteiger partial charge in [-0.2, -0.15) is 0 Å². The van der Waals surface area contributed by atoms with Crippen LogP contribution in [0.15, 0.2) is 53.5 Å². The monoisotopic (exact) mass is 411 g/mol. The summed E-state index contributed by atoms with van der Waals surface area (Å²) in [6.07, 6.45) is 0.636. The Morgan fingerprint density at radius 3 is 2.37 bits per heavy atom. The Bertz CT molecular complexity index is 864. The molecule has 160 valence electrons. The summed E-state index contributed by atoms with van der Waals surface area (Å²) in [5.74, 6) is 0.357. The van der Waals surface area contributed by atoms with Gasteiger partial charge in [-0.15, -0.1) is 0 Å². The molecule has 1 unspecified atom stereocenters. The highest BCUT2D eigenvalue weighted by Crippen LogP contribution is 2.19. The van der Waals surface area contributed by atoms with Gasteiger partial charge in [0.25, 0.3) is 0 Å². The van der Waals surface area contributed by atoms with Crippen LogP contribution in [0.2, 0.25) is 0 Å². The number of aliphatic hydroxyl groups excluding tert-OH is 1. The van der Waals surface area contributed by atoms with Crippen LogP contribution >= 0.6 is 0 Å². The van der Waals surface area contributed by atoms with E-state index in [1.54, 1.807) is 0 Å². The molecule has 0 aromatic heterocycles. The summed E-state index contributed by atoms with van der Waals surface area (Å²) in [6.45, 7) is 6.29. The van der Waals surface area contributed by atoms with Gasteiger partial charge in [-0.05, 0) is 41.8 Å². The molecular weight excluding hydrogens is 381 g/mol. The van der Waals surface area contributed by atoms with Crippen LogP contribution < -0.4 is 10.6 Å². The lowest BCUT2D eigenvalue weighted by atomic mass is 10.1. The molecule has 3 N–H and O–H groups in total. The minimum absolute atomic E-state index is 0.209. The fraction of sp³-hybridized carbons (Fsp3) is 0.435.